The van der Waals surface area contributed by atoms with Gasteiger partial charge in [-0.1, -0.05) is 6.07 Å². The first-order valence-electron chi connectivity index (χ1n) is 5.75. The third kappa shape index (κ3) is 1.89. The standard InChI is InChI=1S/C13H13N3O2/c1-8-5-14-16-12(8)15-13(17)9-2-3-10-6-18-7-11(10)4-9/h2-5H,6-7H2,1H3,(H2,14,15,16,17). The Hall–Kier alpha value is -2.14. The maximum atomic E-state index is 12.1. The minimum absolute atomic E-state index is 0.142. The number of H-pyrrole nitrogens is 1. The molecule has 0 saturated heterocycles. The van der Waals surface area contributed by atoms with Gasteiger partial charge in [-0.15, -0.1) is 0 Å². The van der Waals surface area contributed by atoms with Crippen LogP contribution in [0.4, 0.5) is 5.82 Å². The number of hydrogen-bond acceptors (Lipinski definition) is 3. The minimum atomic E-state index is -0.142. The van der Waals surface area contributed by atoms with Crippen LogP contribution in [0.3, 0.4) is 0 Å². The average molecular weight is 243 g/mol. The molecular weight excluding hydrogens is 230 g/mol. The van der Waals surface area contributed by atoms with Gasteiger partial charge in [0, 0.05) is 11.1 Å². The summed E-state index contributed by atoms with van der Waals surface area (Å²) in [5, 5.41) is 9.42. The first kappa shape index (κ1) is 11.0. The lowest BCUT2D eigenvalue weighted by Gasteiger charge is -2.05. The van der Waals surface area contributed by atoms with Crippen molar-refractivity contribution in [1.29, 1.82) is 0 Å². The van der Waals surface area contributed by atoms with Crippen molar-refractivity contribution in [2.24, 2.45) is 0 Å². The maximum absolute atomic E-state index is 12.1. The number of hydrogen-bond donors (Lipinski definition) is 2. The molecule has 0 spiro atoms. The third-order valence-electron chi connectivity index (χ3n) is 3.05. The van der Waals surface area contributed by atoms with Crippen LogP contribution < -0.4 is 5.32 Å². The van der Waals surface area contributed by atoms with Gasteiger partial charge in [0.15, 0.2) is 0 Å². The maximum Gasteiger partial charge on any atom is 0.256 e. The fourth-order valence-corrected chi connectivity index (χ4v) is 1.97. The van der Waals surface area contributed by atoms with Gasteiger partial charge < -0.3 is 10.1 Å². The molecule has 0 aliphatic carbocycles. The molecule has 5 heteroatoms. The van der Waals surface area contributed by atoms with Gasteiger partial charge in [-0.05, 0) is 30.2 Å². The van der Waals surface area contributed by atoms with Crippen LogP contribution in [0.1, 0.15) is 27.0 Å². The number of aryl methyl sites for hydroxylation is 1. The van der Waals surface area contributed by atoms with Crippen molar-refractivity contribution in [2.45, 2.75) is 20.1 Å². The SMILES string of the molecule is Cc1cn[nH]c1NC(=O)c1ccc2c(c1)COC2. The smallest absolute Gasteiger partial charge is 0.256 e. The van der Waals surface area contributed by atoms with E-state index in [4.69, 9.17) is 4.74 Å². The molecule has 1 aliphatic rings. The van der Waals surface area contributed by atoms with Crippen molar-refractivity contribution in [1.82, 2.24) is 10.2 Å². The summed E-state index contributed by atoms with van der Waals surface area (Å²) < 4.78 is 5.33. The second-order valence-corrected chi connectivity index (χ2v) is 4.36. The van der Waals surface area contributed by atoms with Crippen LogP contribution in [0.2, 0.25) is 0 Å². The minimum Gasteiger partial charge on any atom is -0.372 e. The van der Waals surface area contributed by atoms with Crippen LogP contribution in [-0.4, -0.2) is 16.1 Å². The molecule has 2 aromatic rings. The lowest BCUT2D eigenvalue weighted by atomic mass is 10.1. The Kier molecular flexibility index (Phi) is 2.60. The molecule has 0 bridgehead atoms. The van der Waals surface area contributed by atoms with E-state index in [0.29, 0.717) is 24.6 Å². The van der Waals surface area contributed by atoms with E-state index in [0.717, 1.165) is 16.7 Å². The number of fused-ring (bicyclic) bond motifs is 1. The van der Waals surface area contributed by atoms with Crippen molar-refractivity contribution < 1.29 is 9.53 Å². The fraction of sp³-hybridized carbons (Fsp3) is 0.231. The lowest BCUT2D eigenvalue weighted by Crippen LogP contribution is -2.13. The number of carbonyl (C=O) groups excluding carboxylic acids is 1. The average Bonchev–Trinajstić information content (AvgIpc) is 2.98. The number of carbonyl (C=O) groups is 1. The van der Waals surface area contributed by atoms with Crippen molar-refractivity contribution in [3.63, 3.8) is 0 Å². The van der Waals surface area contributed by atoms with Gasteiger partial charge in [-0.25, -0.2) is 0 Å². The molecule has 0 unspecified atom stereocenters. The summed E-state index contributed by atoms with van der Waals surface area (Å²) in [5.74, 6) is 0.494. The van der Waals surface area contributed by atoms with E-state index < -0.39 is 0 Å². The quantitative estimate of drug-likeness (QED) is 0.847. The Morgan fingerprint density at radius 2 is 2.22 bits per heavy atom. The Labute approximate surface area is 104 Å². The highest BCUT2D eigenvalue weighted by molar-refractivity contribution is 6.04. The monoisotopic (exact) mass is 243 g/mol. The van der Waals surface area contributed by atoms with Crippen LogP contribution in [0.15, 0.2) is 24.4 Å². The summed E-state index contributed by atoms with van der Waals surface area (Å²) in [5.41, 5.74) is 3.79. The zero-order valence-corrected chi connectivity index (χ0v) is 9.99. The summed E-state index contributed by atoms with van der Waals surface area (Å²) in [6.07, 6.45) is 1.67. The first-order chi connectivity index (χ1) is 8.74. The molecule has 3 rings (SSSR count). The molecule has 2 N–H and O–H groups in total. The Balaban J connectivity index is 1.83. The van der Waals surface area contributed by atoms with Gasteiger partial charge in [0.25, 0.3) is 5.91 Å². The van der Waals surface area contributed by atoms with Gasteiger partial charge in [-0.3, -0.25) is 9.89 Å². The third-order valence-corrected chi connectivity index (χ3v) is 3.05. The molecule has 0 radical (unpaired) electrons. The number of rotatable bonds is 2. The van der Waals surface area contributed by atoms with E-state index in [1.165, 1.54) is 0 Å². The number of aromatic nitrogens is 2. The number of anilines is 1. The molecule has 0 atom stereocenters. The van der Waals surface area contributed by atoms with Crippen LogP contribution in [0.5, 0.6) is 0 Å². The van der Waals surface area contributed by atoms with E-state index in [2.05, 4.69) is 15.5 Å². The number of aromatic amines is 1. The summed E-state index contributed by atoms with van der Waals surface area (Å²) in [7, 11) is 0. The van der Waals surface area contributed by atoms with Crippen LogP contribution >= 0.6 is 0 Å². The molecule has 1 aliphatic heterocycles. The fourth-order valence-electron chi connectivity index (χ4n) is 1.97. The van der Waals surface area contributed by atoms with E-state index in [1.807, 2.05) is 25.1 Å². The van der Waals surface area contributed by atoms with E-state index in [9.17, 15) is 4.79 Å². The number of benzene rings is 1. The van der Waals surface area contributed by atoms with Crippen molar-refractivity contribution >= 4 is 11.7 Å². The number of ether oxygens (including phenoxy) is 1. The molecule has 0 saturated carbocycles. The van der Waals surface area contributed by atoms with E-state index in [1.54, 1.807) is 6.20 Å². The van der Waals surface area contributed by atoms with Gasteiger partial charge in [0.2, 0.25) is 0 Å². The zero-order valence-electron chi connectivity index (χ0n) is 9.99. The van der Waals surface area contributed by atoms with Gasteiger partial charge in [0.1, 0.15) is 5.82 Å². The van der Waals surface area contributed by atoms with Gasteiger partial charge in [0.05, 0.1) is 19.4 Å². The molecule has 18 heavy (non-hydrogen) atoms. The molecule has 5 nitrogen and oxygen atoms in total. The van der Waals surface area contributed by atoms with Crippen LogP contribution in [0, 0.1) is 6.92 Å². The molecular formula is C13H13N3O2. The summed E-state index contributed by atoms with van der Waals surface area (Å²) in [4.78, 5) is 12.1. The van der Waals surface area contributed by atoms with Gasteiger partial charge >= 0.3 is 0 Å². The van der Waals surface area contributed by atoms with E-state index >= 15 is 0 Å². The summed E-state index contributed by atoms with van der Waals surface area (Å²) in [6.45, 7) is 3.10. The highest BCUT2D eigenvalue weighted by Gasteiger charge is 2.15. The molecule has 92 valence electrons. The molecule has 1 amide bonds. The van der Waals surface area contributed by atoms with Crippen LogP contribution in [-0.2, 0) is 18.0 Å². The van der Waals surface area contributed by atoms with Crippen LogP contribution in [0.25, 0.3) is 0 Å². The van der Waals surface area contributed by atoms with Gasteiger partial charge in [-0.2, -0.15) is 5.10 Å². The Bertz CT molecular complexity index is 604. The zero-order chi connectivity index (χ0) is 12.5. The van der Waals surface area contributed by atoms with Crippen molar-refractivity contribution in [3.8, 4) is 0 Å². The molecule has 1 aromatic carbocycles. The largest absolute Gasteiger partial charge is 0.372 e. The number of nitrogens with one attached hydrogen (secondary N) is 2. The normalized spacial score (nSPS) is 13.4. The highest BCUT2D eigenvalue weighted by Crippen LogP contribution is 2.21. The highest BCUT2D eigenvalue weighted by atomic mass is 16.5. The molecule has 2 heterocycles. The summed E-state index contributed by atoms with van der Waals surface area (Å²) >= 11 is 0. The second kappa shape index (κ2) is 4.27. The van der Waals surface area contributed by atoms with Crippen molar-refractivity contribution in [3.05, 3.63) is 46.6 Å². The molecule has 1 aromatic heterocycles. The number of amides is 1. The Morgan fingerprint density at radius 1 is 1.39 bits per heavy atom. The van der Waals surface area contributed by atoms with Crippen molar-refractivity contribution in [2.75, 3.05) is 5.32 Å². The predicted molar refractivity (Wildman–Crippen MR) is 66.2 cm³/mol. The lowest BCUT2D eigenvalue weighted by molar-refractivity contribution is 0.102. The number of nitrogens with zero attached hydrogens (tertiary/aromatic N) is 1. The van der Waals surface area contributed by atoms with E-state index in [-0.39, 0.29) is 5.91 Å². The second-order valence-electron chi connectivity index (χ2n) is 4.36. The first-order valence-corrected chi connectivity index (χ1v) is 5.75. The summed E-state index contributed by atoms with van der Waals surface area (Å²) in [6, 6.07) is 5.63. The topological polar surface area (TPSA) is 67.0 Å². The Morgan fingerprint density at radius 3 is 3.00 bits per heavy atom. The molecule has 0 fully saturated rings. The predicted octanol–water partition coefficient (Wildman–Crippen LogP) is 2.00.